The van der Waals surface area contributed by atoms with Gasteiger partial charge < -0.3 is 0 Å². The minimum Gasteiger partial charge on any atom is -0.149 e. The van der Waals surface area contributed by atoms with Crippen molar-refractivity contribution in [1.29, 1.82) is 0 Å². The molecule has 92 valence electrons. The third-order valence-corrected chi connectivity index (χ3v) is 4.38. The summed E-state index contributed by atoms with van der Waals surface area (Å²) in [5, 5.41) is 3.35. The molecule has 0 saturated carbocycles. The number of rotatable bonds is 10. The zero-order chi connectivity index (χ0) is 11.5. The Morgan fingerprint density at radius 1 is 0.875 bits per heavy atom. The Morgan fingerprint density at radius 3 is 2.06 bits per heavy atom. The van der Waals surface area contributed by atoms with E-state index in [1.54, 1.807) is 4.88 Å². The number of aryl methyl sites for hydroxylation is 1. The molecule has 2 heteroatoms. The fourth-order valence-corrected chi connectivity index (χ4v) is 3.06. The zero-order valence-corrected chi connectivity index (χ0v) is 12.5. The summed E-state index contributed by atoms with van der Waals surface area (Å²) in [6.07, 6.45) is 12.6. The van der Waals surface area contributed by atoms with Crippen LogP contribution in [0.4, 0.5) is 0 Å². The minimum atomic E-state index is 1.17. The van der Waals surface area contributed by atoms with E-state index in [1.165, 1.54) is 63.1 Å². The first-order valence-corrected chi connectivity index (χ1v) is 8.52. The van der Waals surface area contributed by atoms with Crippen LogP contribution >= 0.6 is 27.3 Å². The molecule has 0 aromatic carbocycles. The molecular weight excluding hydrogens is 280 g/mol. The largest absolute Gasteiger partial charge is 0.149 e. The van der Waals surface area contributed by atoms with Gasteiger partial charge in [-0.15, -0.1) is 11.3 Å². The predicted octanol–water partition coefficient (Wildman–Crippen LogP) is 5.81. The summed E-state index contributed by atoms with van der Waals surface area (Å²) in [5.74, 6) is 0. The number of thiophene rings is 1. The Hall–Kier alpha value is 0.180. The molecule has 0 amide bonds. The molecule has 0 aliphatic rings. The molecule has 0 saturated heterocycles. The van der Waals surface area contributed by atoms with Gasteiger partial charge in [0.05, 0.1) is 0 Å². The summed E-state index contributed by atoms with van der Waals surface area (Å²) >= 11 is 5.37. The Morgan fingerprint density at radius 2 is 1.50 bits per heavy atom. The van der Waals surface area contributed by atoms with Crippen molar-refractivity contribution in [3.8, 4) is 0 Å². The SMILES string of the molecule is BrCCCCCCCCCCc1cccs1. The van der Waals surface area contributed by atoms with E-state index in [1.807, 2.05) is 11.3 Å². The highest BCUT2D eigenvalue weighted by Gasteiger charge is 1.94. The molecule has 16 heavy (non-hydrogen) atoms. The Bertz CT molecular complexity index is 231. The van der Waals surface area contributed by atoms with Gasteiger partial charge in [-0.1, -0.05) is 60.5 Å². The Labute approximate surface area is 113 Å². The zero-order valence-electron chi connectivity index (χ0n) is 10.1. The lowest BCUT2D eigenvalue weighted by Crippen LogP contribution is -1.84. The standard InChI is InChI=1S/C14H23BrS/c15-12-8-6-4-2-1-3-5-7-10-14-11-9-13-16-14/h9,11,13H,1-8,10,12H2. The average molecular weight is 303 g/mol. The fraction of sp³-hybridized carbons (Fsp3) is 0.714. The van der Waals surface area contributed by atoms with Crippen LogP contribution < -0.4 is 0 Å². The van der Waals surface area contributed by atoms with Crippen LogP contribution in [0.1, 0.15) is 56.2 Å². The Balaban J connectivity index is 1.78. The van der Waals surface area contributed by atoms with Gasteiger partial charge in [-0.2, -0.15) is 0 Å². The minimum absolute atomic E-state index is 1.17. The lowest BCUT2D eigenvalue weighted by Gasteiger charge is -2.01. The number of hydrogen-bond acceptors (Lipinski definition) is 1. The van der Waals surface area contributed by atoms with Gasteiger partial charge >= 0.3 is 0 Å². The molecule has 0 radical (unpaired) electrons. The van der Waals surface area contributed by atoms with E-state index in [2.05, 4.69) is 33.4 Å². The van der Waals surface area contributed by atoms with Gasteiger partial charge in [0.2, 0.25) is 0 Å². The normalized spacial score (nSPS) is 10.8. The van der Waals surface area contributed by atoms with Crippen LogP contribution in [-0.2, 0) is 6.42 Å². The van der Waals surface area contributed by atoms with Gasteiger partial charge in [-0.25, -0.2) is 0 Å². The van der Waals surface area contributed by atoms with E-state index in [-0.39, 0.29) is 0 Å². The third-order valence-electron chi connectivity index (χ3n) is 2.89. The highest BCUT2D eigenvalue weighted by atomic mass is 79.9. The third kappa shape index (κ3) is 7.45. The smallest absolute Gasteiger partial charge is 0.00452 e. The first-order chi connectivity index (χ1) is 7.93. The van der Waals surface area contributed by atoms with Crippen molar-refractivity contribution in [1.82, 2.24) is 0 Å². The van der Waals surface area contributed by atoms with Gasteiger partial charge in [-0.05, 0) is 30.7 Å². The van der Waals surface area contributed by atoms with Crippen LogP contribution in [0.2, 0.25) is 0 Å². The number of halogens is 1. The van der Waals surface area contributed by atoms with Gasteiger partial charge in [0.15, 0.2) is 0 Å². The van der Waals surface area contributed by atoms with Crippen LogP contribution in [-0.4, -0.2) is 5.33 Å². The summed E-state index contributed by atoms with van der Waals surface area (Å²) in [5.41, 5.74) is 0. The number of unbranched alkanes of at least 4 members (excludes halogenated alkanes) is 7. The highest BCUT2D eigenvalue weighted by Crippen LogP contribution is 2.14. The van der Waals surface area contributed by atoms with Crippen molar-refractivity contribution < 1.29 is 0 Å². The van der Waals surface area contributed by atoms with Crippen LogP contribution in [0.15, 0.2) is 17.5 Å². The summed E-state index contributed by atoms with van der Waals surface area (Å²) in [6, 6.07) is 4.41. The maximum Gasteiger partial charge on any atom is 0.00452 e. The van der Waals surface area contributed by atoms with E-state index < -0.39 is 0 Å². The van der Waals surface area contributed by atoms with Crippen LogP contribution in [0.25, 0.3) is 0 Å². The van der Waals surface area contributed by atoms with E-state index >= 15 is 0 Å². The van der Waals surface area contributed by atoms with E-state index in [4.69, 9.17) is 0 Å². The van der Waals surface area contributed by atoms with Gasteiger partial charge in [0.25, 0.3) is 0 Å². The first kappa shape index (κ1) is 14.2. The van der Waals surface area contributed by atoms with E-state index in [0.717, 1.165) is 0 Å². The molecule has 0 aliphatic heterocycles. The number of hydrogen-bond donors (Lipinski definition) is 0. The molecule has 0 N–H and O–H groups in total. The van der Waals surface area contributed by atoms with Crippen molar-refractivity contribution in [3.05, 3.63) is 22.4 Å². The van der Waals surface area contributed by atoms with Crippen LogP contribution in [0.5, 0.6) is 0 Å². The maximum absolute atomic E-state index is 3.47. The molecule has 1 aromatic rings. The van der Waals surface area contributed by atoms with Crippen molar-refractivity contribution in [2.45, 2.75) is 57.8 Å². The molecule has 1 rings (SSSR count). The molecule has 0 atom stereocenters. The second-order valence-corrected chi connectivity index (χ2v) is 6.17. The average Bonchev–Trinajstić information content (AvgIpc) is 2.80. The first-order valence-electron chi connectivity index (χ1n) is 6.52. The summed E-state index contributed by atoms with van der Waals surface area (Å²) in [7, 11) is 0. The highest BCUT2D eigenvalue weighted by molar-refractivity contribution is 9.09. The summed E-state index contributed by atoms with van der Waals surface area (Å²) in [6.45, 7) is 0. The molecule has 0 aliphatic carbocycles. The van der Waals surface area contributed by atoms with Crippen molar-refractivity contribution in [2.24, 2.45) is 0 Å². The summed E-state index contributed by atoms with van der Waals surface area (Å²) < 4.78 is 0. The fourth-order valence-electron chi connectivity index (χ4n) is 1.91. The van der Waals surface area contributed by atoms with Crippen LogP contribution in [0, 0.1) is 0 Å². The van der Waals surface area contributed by atoms with Crippen molar-refractivity contribution in [2.75, 3.05) is 5.33 Å². The molecular formula is C14H23BrS. The quantitative estimate of drug-likeness (QED) is 0.378. The molecule has 1 aromatic heterocycles. The summed E-state index contributed by atoms with van der Waals surface area (Å²) in [4.78, 5) is 1.55. The molecule has 0 spiro atoms. The van der Waals surface area contributed by atoms with E-state index in [9.17, 15) is 0 Å². The Kier molecular flexibility index (Phi) is 9.20. The van der Waals surface area contributed by atoms with E-state index in [0.29, 0.717) is 0 Å². The lowest BCUT2D eigenvalue weighted by molar-refractivity contribution is 0.578. The van der Waals surface area contributed by atoms with Crippen molar-refractivity contribution in [3.63, 3.8) is 0 Å². The molecule has 0 nitrogen and oxygen atoms in total. The van der Waals surface area contributed by atoms with Gasteiger partial charge in [0, 0.05) is 10.2 Å². The lowest BCUT2D eigenvalue weighted by atomic mass is 10.1. The second-order valence-electron chi connectivity index (χ2n) is 4.35. The number of alkyl halides is 1. The van der Waals surface area contributed by atoms with Crippen LogP contribution in [0.3, 0.4) is 0 Å². The molecule has 0 bridgehead atoms. The second kappa shape index (κ2) is 10.3. The van der Waals surface area contributed by atoms with Crippen molar-refractivity contribution >= 4 is 27.3 Å². The monoisotopic (exact) mass is 302 g/mol. The van der Waals surface area contributed by atoms with Gasteiger partial charge in [-0.3, -0.25) is 0 Å². The van der Waals surface area contributed by atoms with Gasteiger partial charge in [0.1, 0.15) is 0 Å². The maximum atomic E-state index is 3.47. The topological polar surface area (TPSA) is 0 Å². The molecule has 0 unspecified atom stereocenters. The predicted molar refractivity (Wildman–Crippen MR) is 78.8 cm³/mol. The molecule has 0 fully saturated rings. The molecule has 1 heterocycles.